The van der Waals surface area contributed by atoms with E-state index in [4.69, 9.17) is 5.11 Å². The van der Waals surface area contributed by atoms with Crippen molar-refractivity contribution in [3.8, 4) is 0 Å². The Balaban J connectivity index is 2.57. The summed E-state index contributed by atoms with van der Waals surface area (Å²) in [6, 6.07) is 9.28. The summed E-state index contributed by atoms with van der Waals surface area (Å²) >= 11 is 1.78. The average molecular weight is 267 g/mol. The van der Waals surface area contributed by atoms with Crippen LogP contribution in [0.4, 0.5) is 0 Å². The van der Waals surface area contributed by atoms with E-state index in [1.807, 2.05) is 7.05 Å². The molecule has 0 aliphatic carbocycles. The lowest BCUT2D eigenvalue weighted by molar-refractivity contribution is 0.322. The summed E-state index contributed by atoms with van der Waals surface area (Å²) in [6.45, 7) is 4.75. The molecule has 0 aliphatic rings. The number of aliphatic hydroxyl groups excluding tert-OH is 1. The van der Waals surface area contributed by atoms with Crippen LogP contribution in [0.1, 0.15) is 31.0 Å². The molecule has 0 spiro atoms. The Morgan fingerprint density at radius 3 is 2.39 bits per heavy atom. The minimum Gasteiger partial charge on any atom is -0.396 e. The average Bonchev–Trinajstić information content (AvgIpc) is 2.35. The van der Waals surface area contributed by atoms with Gasteiger partial charge < -0.3 is 10.4 Å². The first-order valence-electron chi connectivity index (χ1n) is 6.62. The lowest BCUT2D eigenvalue weighted by Gasteiger charge is -2.16. The number of benzene rings is 1. The van der Waals surface area contributed by atoms with Crippen molar-refractivity contribution in [3.63, 3.8) is 0 Å². The van der Waals surface area contributed by atoms with Crippen molar-refractivity contribution >= 4 is 11.8 Å². The first kappa shape index (κ1) is 15.5. The van der Waals surface area contributed by atoms with Crippen LogP contribution in [0.15, 0.2) is 24.3 Å². The molecule has 0 saturated carbocycles. The smallest absolute Gasteiger partial charge is 0.0521 e. The third-order valence-electron chi connectivity index (χ3n) is 2.89. The van der Waals surface area contributed by atoms with Gasteiger partial charge in [0, 0.05) is 17.5 Å². The van der Waals surface area contributed by atoms with Crippen molar-refractivity contribution in [3.05, 3.63) is 35.4 Å². The molecule has 0 radical (unpaired) electrons. The molecule has 1 atom stereocenters. The van der Waals surface area contributed by atoms with Gasteiger partial charge in [0.15, 0.2) is 0 Å². The fourth-order valence-corrected chi connectivity index (χ4v) is 2.86. The fourth-order valence-electron chi connectivity index (χ4n) is 1.97. The third-order valence-corrected chi connectivity index (χ3v) is 3.93. The molecule has 0 bridgehead atoms. The number of rotatable bonds is 8. The van der Waals surface area contributed by atoms with E-state index in [2.05, 4.69) is 43.4 Å². The van der Waals surface area contributed by atoms with Gasteiger partial charge in [-0.2, -0.15) is 11.8 Å². The molecule has 1 unspecified atom stereocenters. The second-order valence-electron chi connectivity index (χ2n) is 4.98. The lowest BCUT2D eigenvalue weighted by Crippen LogP contribution is -2.19. The van der Waals surface area contributed by atoms with Gasteiger partial charge in [0.1, 0.15) is 0 Å². The zero-order valence-electron chi connectivity index (χ0n) is 11.6. The van der Waals surface area contributed by atoms with Crippen LogP contribution in [-0.4, -0.2) is 30.3 Å². The first-order chi connectivity index (χ1) is 8.67. The normalized spacial score (nSPS) is 12.9. The number of thioether (sulfide) groups is 1. The summed E-state index contributed by atoms with van der Waals surface area (Å²) in [7, 11) is 1.99. The Morgan fingerprint density at radius 1 is 1.22 bits per heavy atom. The van der Waals surface area contributed by atoms with Gasteiger partial charge in [-0.25, -0.2) is 0 Å². The predicted molar refractivity (Wildman–Crippen MR) is 81.2 cm³/mol. The van der Waals surface area contributed by atoms with Gasteiger partial charge >= 0.3 is 0 Å². The Bertz CT molecular complexity index is 324. The first-order valence-corrected chi connectivity index (χ1v) is 7.77. The Morgan fingerprint density at radius 2 is 1.89 bits per heavy atom. The SMILES string of the molecule is CNC(CSCCO)c1ccc(CC(C)C)cc1. The van der Waals surface area contributed by atoms with Crippen LogP contribution in [0.3, 0.4) is 0 Å². The van der Waals surface area contributed by atoms with E-state index in [1.165, 1.54) is 11.1 Å². The minimum absolute atomic E-state index is 0.258. The Kier molecular flexibility index (Phi) is 7.40. The minimum atomic E-state index is 0.258. The van der Waals surface area contributed by atoms with Crippen molar-refractivity contribution in [2.75, 3.05) is 25.2 Å². The zero-order valence-corrected chi connectivity index (χ0v) is 12.5. The number of aliphatic hydroxyl groups is 1. The third kappa shape index (κ3) is 5.42. The van der Waals surface area contributed by atoms with E-state index >= 15 is 0 Å². The fraction of sp³-hybridized carbons (Fsp3) is 0.600. The van der Waals surface area contributed by atoms with E-state index in [-0.39, 0.29) is 6.61 Å². The molecule has 3 heteroatoms. The number of hydrogen-bond acceptors (Lipinski definition) is 3. The largest absolute Gasteiger partial charge is 0.396 e. The number of hydrogen-bond donors (Lipinski definition) is 2. The summed E-state index contributed by atoms with van der Waals surface area (Å²) in [5.74, 6) is 2.51. The molecule has 0 amide bonds. The Labute approximate surface area is 115 Å². The second kappa shape index (κ2) is 8.57. The van der Waals surface area contributed by atoms with E-state index < -0.39 is 0 Å². The molecule has 0 aromatic heterocycles. The molecule has 102 valence electrons. The predicted octanol–water partition coefficient (Wildman–Crippen LogP) is 2.87. The molecular formula is C15H25NOS. The molecule has 2 nitrogen and oxygen atoms in total. The quantitative estimate of drug-likeness (QED) is 0.710. The van der Waals surface area contributed by atoms with Gasteiger partial charge in [-0.3, -0.25) is 0 Å². The highest BCUT2D eigenvalue weighted by molar-refractivity contribution is 7.99. The van der Waals surface area contributed by atoms with Crippen molar-refractivity contribution in [1.82, 2.24) is 5.32 Å². The van der Waals surface area contributed by atoms with E-state index in [1.54, 1.807) is 11.8 Å². The summed E-state index contributed by atoms with van der Waals surface area (Å²) < 4.78 is 0. The van der Waals surface area contributed by atoms with Crippen LogP contribution in [0.5, 0.6) is 0 Å². The molecular weight excluding hydrogens is 242 g/mol. The van der Waals surface area contributed by atoms with Crippen molar-refractivity contribution in [1.29, 1.82) is 0 Å². The standard InChI is InChI=1S/C15H25NOS/c1-12(2)10-13-4-6-14(7-5-13)15(16-3)11-18-9-8-17/h4-7,12,15-17H,8-11H2,1-3H3. The van der Waals surface area contributed by atoms with Crippen LogP contribution in [0.2, 0.25) is 0 Å². The van der Waals surface area contributed by atoms with E-state index in [0.717, 1.165) is 17.9 Å². The zero-order chi connectivity index (χ0) is 13.4. The van der Waals surface area contributed by atoms with Crippen molar-refractivity contribution in [2.24, 2.45) is 5.92 Å². The summed E-state index contributed by atoms with van der Waals surface area (Å²) in [5, 5.41) is 12.1. The lowest BCUT2D eigenvalue weighted by atomic mass is 10.00. The molecule has 1 aromatic rings. The molecule has 0 saturated heterocycles. The van der Waals surface area contributed by atoms with Gasteiger partial charge in [-0.1, -0.05) is 38.1 Å². The maximum atomic E-state index is 8.80. The van der Waals surface area contributed by atoms with Gasteiger partial charge in [-0.15, -0.1) is 0 Å². The highest BCUT2D eigenvalue weighted by Gasteiger charge is 2.09. The summed E-state index contributed by atoms with van der Waals surface area (Å²) in [5.41, 5.74) is 2.74. The van der Waals surface area contributed by atoms with Crippen LogP contribution >= 0.6 is 11.8 Å². The molecule has 1 rings (SSSR count). The van der Waals surface area contributed by atoms with Gasteiger partial charge in [0.25, 0.3) is 0 Å². The van der Waals surface area contributed by atoms with Crippen molar-refractivity contribution < 1.29 is 5.11 Å². The maximum Gasteiger partial charge on any atom is 0.0521 e. The van der Waals surface area contributed by atoms with Crippen LogP contribution in [0, 0.1) is 5.92 Å². The van der Waals surface area contributed by atoms with Crippen molar-refractivity contribution in [2.45, 2.75) is 26.3 Å². The van der Waals surface area contributed by atoms with Crippen LogP contribution < -0.4 is 5.32 Å². The monoisotopic (exact) mass is 267 g/mol. The maximum absolute atomic E-state index is 8.80. The summed E-state index contributed by atoms with van der Waals surface area (Å²) in [6.07, 6.45) is 1.14. The molecule has 0 fully saturated rings. The van der Waals surface area contributed by atoms with E-state index in [0.29, 0.717) is 12.0 Å². The van der Waals surface area contributed by atoms with Crippen LogP contribution in [0.25, 0.3) is 0 Å². The molecule has 2 N–H and O–H groups in total. The van der Waals surface area contributed by atoms with Gasteiger partial charge in [0.2, 0.25) is 0 Å². The van der Waals surface area contributed by atoms with Gasteiger partial charge in [0.05, 0.1) is 6.61 Å². The van der Waals surface area contributed by atoms with E-state index in [9.17, 15) is 0 Å². The summed E-state index contributed by atoms with van der Waals surface area (Å²) in [4.78, 5) is 0. The highest BCUT2D eigenvalue weighted by atomic mass is 32.2. The topological polar surface area (TPSA) is 32.3 Å². The molecule has 1 aromatic carbocycles. The second-order valence-corrected chi connectivity index (χ2v) is 6.13. The molecule has 0 heterocycles. The highest BCUT2D eigenvalue weighted by Crippen LogP contribution is 2.19. The Hall–Kier alpha value is -0.510. The van der Waals surface area contributed by atoms with Gasteiger partial charge in [-0.05, 0) is 30.5 Å². The molecule has 18 heavy (non-hydrogen) atoms. The van der Waals surface area contributed by atoms with Crippen LogP contribution in [-0.2, 0) is 6.42 Å². The number of nitrogens with one attached hydrogen (secondary N) is 1. The molecule has 0 aliphatic heterocycles.